The van der Waals surface area contributed by atoms with Crippen LogP contribution in [0.25, 0.3) is 0 Å². The Bertz CT molecular complexity index is 83.0. The van der Waals surface area contributed by atoms with E-state index in [9.17, 15) is 4.79 Å². The van der Waals surface area contributed by atoms with Crippen LogP contribution in [0.2, 0.25) is 0 Å². The first-order chi connectivity index (χ1) is 3.72. The Balaban J connectivity index is 0. The van der Waals surface area contributed by atoms with Crippen molar-refractivity contribution >= 4 is 18.4 Å². The number of rotatable bonds is 3. The molecule has 3 N–H and O–H groups in total. The fourth-order valence-electron chi connectivity index (χ4n) is 0.442. The first-order valence-electron chi connectivity index (χ1n) is 2.65. The van der Waals surface area contributed by atoms with E-state index in [0.29, 0.717) is 6.42 Å². The highest BCUT2D eigenvalue weighted by atomic mass is 35.5. The lowest BCUT2D eigenvalue weighted by atomic mass is 10.1. The third-order valence-corrected chi connectivity index (χ3v) is 1.13. The Hall–Kier alpha value is -0.280. The van der Waals surface area contributed by atoms with Crippen molar-refractivity contribution in [3.05, 3.63) is 0 Å². The summed E-state index contributed by atoms with van der Waals surface area (Å²) in [6.45, 7) is 2.05. The molecule has 0 saturated carbocycles. The number of carbonyl (C=O) groups is 1. The molecule has 3 nitrogen and oxygen atoms in total. The molecule has 0 aromatic carbocycles. The molecule has 0 spiro atoms. The third kappa shape index (κ3) is 4.24. The quantitative estimate of drug-likeness (QED) is 0.620. The molecule has 9 heavy (non-hydrogen) atoms. The van der Waals surface area contributed by atoms with E-state index in [2.05, 4.69) is 0 Å². The Morgan fingerprint density at radius 2 is 2.22 bits per heavy atom. The van der Waals surface area contributed by atoms with E-state index in [-0.39, 0.29) is 24.9 Å². The van der Waals surface area contributed by atoms with Gasteiger partial charge in [0.1, 0.15) is 0 Å². The molecule has 0 aliphatic carbocycles. The number of hydrogen-bond donors (Lipinski definition) is 2. The van der Waals surface area contributed by atoms with E-state index < -0.39 is 5.97 Å². The monoisotopic (exact) mass is 153 g/mol. The van der Waals surface area contributed by atoms with Gasteiger partial charge in [-0.15, -0.1) is 12.4 Å². The molecule has 1 unspecified atom stereocenters. The minimum Gasteiger partial charge on any atom is -0.481 e. The van der Waals surface area contributed by atoms with Crippen molar-refractivity contribution in [3.63, 3.8) is 0 Å². The molecule has 4 heteroatoms. The van der Waals surface area contributed by atoms with E-state index in [1.54, 1.807) is 0 Å². The van der Waals surface area contributed by atoms with Crippen LogP contribution < -0.4 is 5.73 Å². The SMILES string of the molecule is CCC(CN)C(=O)O.Cl. The zero-order valence-corrected chi connectivity index (χ0v) is 6.15. The summed E-state index contributed by atoms with van der Waals surface area (Å²) in [5, 5.41) is 8.29. The average molecular weight is 154 g/mol. The number of hydrogen-bond acceptors (Lipinski definition) is 2. The molecule has 0 rings (SSSR count). The number of nitrogens with two attached hydrogens (primary N) is 1. The number of carboxylic acids is 1. The second-order valence-corrected chi connectivity index (χ2v) is 1.68. The minimum absolute atomic E-state index is 0. The fourth-order valence-corrected chi connectivity index (χ4v) is 0.442. The smallest absolute Gasteiger partial charge is 0.307 e. The topological polar surface area (TPSA) is 63.3 Å². The van der Waals surface area contributed by atoms with Crippen LogP contribution in [0.3, 0.4) is 0 Å². The van der Waals surface area contributed by atoms with Crippen LogP contribution in [-0.2, 0) is 4.79 Å². The summed E-state index contributed by atoms with van der Waals surface area (Å²) in [5.74, 6) is -1.15. The maximum atomic E-state index is 10.1. The van der Waals surface area contributed by atoms with Crippen molar-refractivity contribution in [2.24, 2.45) is 11.7 Å². The summed E-state index contributed by atoms with van der Waals surface area (Å²) >= 11 is 0. The third-order valence-electron chi connectivity index (χ3n) is 1.13. The lowest BCUT2D eigenvalue weighted by Crippen LogP contribution is -2.21. The zero-order chi connectivity index (χ0) is 6.57. The molecule has 0 aliphatic rings. The van der Waals surface area contributed by atoms with Gasteiger partial charge >= 0.3 is 5.97 Å². The molecule has 0 amide bonds. The van der Waals surface area contributed by atoms with E-state index in [1.165, 1.54) is 0 Å². The maximum Gasteiger partial charge on any atom is 0.307 e. The van der Waals surface area contributed by atoms with Crippen LogP contribution in [0.1, 0.15) is 13.3 Å². The fraction of sp³-hybridized carbons (Fsp3) is 0.800. The van der Waals surface area contributed by atoms with Gasteiger partial charge in [-0.3, -0.25) is 4.79 Å². The standard InChI is InChI=1S/C5H11NO2.ClH/c1-2-4(3-6)5(7)8;/h4H,2-3,6H2,1H3,(H,7,8);1H. The van der Waals surface area contributed by atoms with E-state index in [4.69, 9.17) is 10.8 Å². The Morgan fingerprint density at radius 1 is 1.78 bits per heavy atom. The van der Waals surface area contributed by atoms with Crippen molar-refractivity contribution in [1.82, 2.24) is 0 Å². The molecule has 0 heterocycles. The van der Waals surface area contributed by atoms with E-state index >= 15 is 0 Å². The van der Waals surface area contributed by atoms with Gasteiger partial charge in [-0.2, -0.15) is 0 Å². The summed E-state index contributed by atoms with van der Waals surface area (Å²) in [4.78, 5) is 10.1. The summed E-state index contributed by atoms with van der Waals surface area (Å²) < 4.78 is 0. The molecule has 0 aliphatic heterocycles. The van der Waals surface area contributed by atoms with Crippen LogP contribution in [0, 0.1) is 5.92 Å². The van der Waals surface area contributed by atoms with E-state index in [0.717, 1.165) is 0 Å². The van der Waals surface area contributed by atoms with Crippen LogP contribution >= 0.6 is 12.4 Å². The van der Waals surface area contributed by atoms with Gasteiger partial charge in [0.2, 0.25) is 0 Å². The van der Waals surface area contributed by atoms with Crippen LogP contribution in [0.4, 0.5) is 0 Å². The van der Waals surface area contributed by atoms with Gasteiger partial charge in [0.05, 0.1) is 5.92 Å². The largest absolute Gasteiger partial charge is 0.481 e. The lowest BCUT2D eigenvalue weighted by Gasteiger charge is -2.02. The van der Waals surface area contributed by atoms with Crippen LogP contribution in [0.15, 0.2) is 0 Å². The van der Waals surface area contributed by atoms with Crippen LogP contribution in [0.5, 0.6) is 0 Å². The highest BCUT2D eigenvalue weighted by Crippen LogP contribution is 1.97. The van der Waals surface area contributed by atoms with Crippen molar-refractivity contribution < 1.29 is 9.90 Å². The van der Waals surface area contributed by atoms with Gasteiger partial charge in [-0.25, -0.2) is 0 Å². The number of aliphatic carboxylic acids is 1. The van der Waals surface area contributed by atoms with Gasteiger partial charge in [0.25, 0.3) is 0 Å². The molecular weight excluding hydrogens is 142 g/mol. The van der Waals surface area contributed by atoms with Crippen molar-refractivity contribution in [2.75, 3.05) is 6.54 Å². The summed E-state index contributed by atoms with van der Waals surface area (Å²) in [5.41, 5.74) is 5.10. The summed E-state index contributed by atoms with van der Waals surface area (Å²) in [6.07, 6.45) is 0.617. The first kappa shape index (κ1) is 11.5. The molecule has 1 atom stereocenters. The Morgan fingerprint density at radius 3 is 2.22 bits per heavy atom. The van der Waals surface area contributed by atoms with Crippen molar-refractivity contribution in [3.8, 4) is 0 Å². The average Bonchev–Trinajstić information content (AvgIpc) is 1.69. The second kappa shape index (κ2) is 5.85. The van der Waals surface area contributed by atoms with Crippen molar-refractivity contribution in [1.29, 1.82) is 0 Å². The zero-order valence-electron chi connectivity index (χ0n) is 5.33. The molecule has 0 aromatic heterocycles. The predicted molar refractivity (Wildman–Crippen MR) is 37.7 cm³/mol. The van der Waals surface area contributed by atoms with Gasteiger partial charge < -0.3 is 10.8 Å². The Kier molecular flexibility index (Phi) is 7.48. The molecule has 0 bridgehead atoms. The maximum absolute atomic E-state index is 10.1. The molecule has 0 fully saturated rings. The summed E-state index contributed by atoms with van der Waals surface area (Å²) in [7, 11) is 0. The molecule has 0 aromatic rings. The molecule has 56 valence electrons. The summed E-state index contributed by atoms with van der Waals surface area (Å²) in [6, 6.07) is 0. The highest BCUT2D eigenvalue weighted by Gasteiger charge is 2.10. The minimum atomic E-state index is -0.796. The molecule has 0 saturated heterocycles. The number of carboxylic acid groups (broad SMARTS) is 1. The predicted octanol–water partition coefficient (Wildman–Crippen LogP) is 0.478. The van der Waals surface area contributed by atoms with Gasteiger partial charge in [-0.1, -0.05) is 6.92 Å². The highest BCUT2D eigenvalue weighted by molar-refractivity contribution is 5.85. The van der Waals surface area contributed by atoms with E-state index in [1.807, 2.05) is 6.92 Å². The van der Waals surface area contributed by atoms with Crippen molar-refractivity contribution in [2.45, 2.75) is 13.3 Å². The van der Waals surface area contributed by atoms with Crippen LogP contribution in [-0.4, -0.2) is 17.6 Å². The van der Waals surface area contributed by atoms with Gasteiger partial charge in [0, 0.05) is 6.54 Å². The second-order valence-electron chi connectivity index (χ2n) is 1.68. The first-order valence-corrected chi connectivity index (χ1v) is 2.65. The molecular formula is C5H12ClNO2. The van der Waals surface area contributed by atoms with Gasteiger partial charge in [0.15, 0.2) is 0 Å². The Labute approximate surface area is 60.6 Å². The normalized spacial score (nSPS) is 11.8. The lowest BCUT2D eigenvalue weighted by molar-refractivity contribution is -0.141. The van der Waals surface area contributed by atoms with Gasteiger partial charge in [-0.05, 0) is 6.42 Å². The molecule has 0 radical (unpaired) electrons. The number of halogens is 1.